The Kier molecular flexibility index (Phi) is 7.52. The minimum absolute atomic E-state index is 0.512. The Bertz CT molecular complexity index is 879. The lowest BCUT2D eigenvalue weighted by Crippen LogP contribution is -2.13. The summed E-state index contributed by atoms with van der Waals surface area (Å²) in [6, 6.07) is 22.8. The molecule has 28 heavy (non-hydrogen) atoms. The van der Waals surface area contributed by atoms with Gasteiger partial charge < -0.3 is 14.8 Å². The normalized spacial score (nSPS) is 10.7. The van der Waals surface area contributed by atoms with Gasteiger partial charge in [-0.25, -0.2) is 0 Å². The number of halogens is 1. The van der Waals surface area contributed by atoms with Crippen molar-refractivity contribution < 1.29 is 9.47 Å². The van der Waals surface area contributed by atoms with Crippen LogP contribution in [0.3, 0.4) is 0 Å². The van der Waals surface area contributed by atoms with E-state index >= 15 is 0 Å². The summed E-state index contributed by atoms with van der Waals surface area (Å²) in [6.07, 6.45) is 0. The zero-order valence-electron chi connectivity index (χ0n) is 16.4. The molecule has 0 fully saturated rings. The lowest BCUT2D eigenvalue weighted by molar-refractivity contribution is 0.269. The van der Waals surface area contributed by atoms with E-state index in [9.17, 15) is 0 Å². The van der Waals surface area contributed by atoms with E-state index in [2.05, 4.69) is 82.8 Å². The molecule has 0 atom stereocenters. The van der Waals surface area contributed by atoms with Crippen LogP contribution in [0.1, 0.15) is 29.2 Å². The molecule has 3 aromatic rings. The van der Waals surface area contributed by atoms with Crippen LogP contribution in [0.15, 0.2) is 71.2 Å². The third-order valence-corrected chi connectivity index (χ3v) is 5.15. The van der Waals surface area contributed by atoms with Gasteiger partial charge in [0.05, 0.1) is 6.61 Å². The van der Waals surface area contributed by atoms with E-state index in [1.807, 2.05) is 19.1 Å². The zero-order valence-corrected chi connectivity index (χ0v) is 18.0. The Morgan fingerprint density at radius 2 is 1.54 bits per heavy atom. The molecule has 0 heterocycles. The van der Waals surface area contributed by atoms with Crippen molar-refractivity contribution in [3.63, 3.8) is 0 Å². The Balaban J connectivity index is 1.67. The highest BCUT2D eigenvalue weighted by molar-refractivity contribution is 9.10. The largest absolute Gasteiger partial charge is 0.490 e. The van der Waals surface area contributed by atoms with E-state index < -0.39 is 0 Å². The summed E-state index contributed by atoms with van der Waals surface area (Å²) in [7, 11) is 0. The molecule has 1 N–H and O–H groups in total. The lowest BCUT2D eigenvalue weighted by atomic mass is 10.1. The van der Waals surface area contributed by atoms with Gasteiger partial charge in [-0.05, 0) is 42.7 Å². The molecular formula is C24H26BrNO2. The van der Waals surface area contributed by atoms with Crippen molar-refractivity contribution >= 4 is 15.9 Å². The van der Waals surface area contributed by atoms with E-state index in [0.717, 1.165) is 40.2 Å². The number of aryl methyl sites for hydroxylation is 1. The molecule has 146 valence electrons. The summed E-state index contributed by atoms with van der Waals surface area (Å²) in [5, 5.41) is 3.48. The standard InChI is InChI=1S/C24H26BrNO2/c1-3-27-23-13-21(16-26-15-19-7-5-4-6-8-19)22(25)14-24(23)28-17-20-11-9-18(2)10-12-20/h4-14,26H,3,15-17H2,1-2H3. The van der Waals surface area contributed by atoms with Crippen molar-refractivity contribution in [1.29, 1.82) is 0 Å². The van der Waals surface area contributed by atoms with E-state index in [0.29, 0.717) is 13.2 Å². The van der Waals surface area contributed by atoms with Crippen molar-refractivity contribution in [2.75, 3.05) is 6.61 Å². The maximum atomic E-state index is 6.05. The highest BCUT2D eigenvalue weighted by atomic mass is 79.9. The van der Waals surface area contributed by atoms with Gasteiger partial charge in [-0.15, -0.1) is 0 Å². The topological polar surface area (TPSA) is 30.5 Å². The summed E-state index contributed by atoms with van der Waals surface area (Å²) in [4.78, 5) is 0. The predicted molar refractivity (Wildman–Crippen MR) is 118 cm³/mol. The van der Waals surface area contributed by atoms with E-state index in [4.69, 9.17) is 9.47 Å². The maximum Gasteiger partial charge on any atom is 0.162 e. The predicted octanol–water partition coefficient (Wildman–Crippen LogP) is 6.03. The smallest absolute Gasteiger partial charge is 0.162 e. The number of rotatable bonds is 9. The van der Waals surface area contributed by atoms with Crippen molar-refractivity contribution in [2.45, 2.75) is 33.5 Å². The molecule has 0 aliphatic heterocycles. The van der Waals surface area contributed by atoms with Gasteiger partial charge in [0.15, 0.2) is 11.5 Å². The van der Waals surface area contributed by atoms with Gasteiger partial charge >= 0.3 is 0 Å². The molecular weight excluding hydrogens is 414 g/mol. The molecule has 3 aromatic carbocycles. The Hall–Kier alpha value is -2.30. The first-order valence-corrected chi connectivity index (χ1v) is 10.3. The molecule has 0 unspecified atom stereocenters. The van der Waals surface area contributed by atoms with Gasteiger partial charge in [0.2, 0.25) is 0 Å². The molecule has 0 bridgehead atoms. The zero-order chi connectivity index (χ0) is 19.8. The molecule has 0 saturated carbocycles. The fourth-order valence-corrected chi connectivity index (χ4v) is 3.34. The highest BCUT2D eigenvalue weighted by Gasteiger charge is 2.11. The summed E-state index contributed by atoms with van der Waals surface area (Å²) >= 11 is 3.68. The van der Waals surface area contributed by atoms with Gasteiger partial charge in [0.1, 0.15) is 6.61 Å². The van der Waals surface area contributed by atoms with Crippen molar-refractivity contribution in [3.05, 3.63) is 93.5 Å². The van der Waals surface area contributed by atoms with Crippen molar-refractivity contribution in [3.8, 4) is 11.5 Å². The fraction of sp³-hybridized carbons (Fsp3) is 0.250. The second kappa shape index (κ2) is 10.3. The fourth-order valence-electron chi connectivity index (χ4n) is 2.88. The third kappa shape index (κ3) is 5.85. The van der Waals surface area contributed by atoms with Crippen LogP contribution < -0.4 is 14.8 Å². The first-order chi connectivity index (χ1) is 13.7. The lowest BCUT2D eigenvalue weighted by Gasteiger charge is -2.16. The monoisotopic (exact) mass is 439 g/mol. The molecule has 3 nitrogen and oxygen atoms in total. The molecule has 3 rings (SSSR count). The van der Waals surface area contributed by atoms with E-state index in [-0.39, 0.29) is 0 Å². The summed E-state index contributed by atoms with van der Waals surface area (Å²) < 4.78 is 12.9. The Morgan fingerprint density at radius 1 is 0.821 bits per heavy atom. The Morgan fingerprint density at radius 3 is 2.25 bits per heavy atom. The molecule has 0 radical (unpaired) electrons. The minimum Gasteiger partial charge on any atom is -0.490 e. The van der Waals surface area contributed by atoms with Gasteiger partial charge in [0, 0.05) is 17.6 Å². The van der Waals surface area contributed by atoms with Crippen molar-refractivity contribution in [1.82, 2.24) is 5.32 Å². The average Bonchev–Trinajstić information content (AvgIpc) is 2.71. The number of benzene rings is 3. The number of hydrogen-bond donors (Lipinski definition) is 1. The maximum absolute atomic E-state index is 6.05. The first-order valence-electron chi connectivity index (χ1n) is 9.54. The van der Waals surface area contributed by atoms with Crippen molar-refractivity contribution in [2.24, 2.45) is 0 Å². The van der Waals surface area contributed by atoms with Crippen LogP contribution >= 0.6 is 15.9 Å². The molecule has 0 spiro atoms. The molecule has 0 amide bonds. The highest BCUT2D eigenvalue weighted by Crippen LogP contribution is 2.34. The van der Waals surface area contributed by atoms with Gasteiger partial charge in [0.25, 0.3) is 0 Å². The van der Waals surface area contributed by atoms with Crippen LogP contribution in [0.2, 0.25) is 0 Å². The first kappa shape index (κ1) is 20.4. The minimum atomic E-state index is 0.512. The quantitative estimate of drug-likeness (QED) is 0.441. The van der Waals surface area contributed by atoms with Crippen LogP contribution in [-0.4, -0.2) is 6.61 Å². The summed E-state index contributed by atoms with van der Waals surface area (Å²) in [5.41, 5.74) is 4.79. The van der Waals surface area contributed by atoms with Gasteiger partial charge in [-0.1, -0.05) is 76.1 Å². The summed E-state index contributed by atoms with van der Waals surface area (Å²) in [5.74, 6) is 1.52. The van der Waals surface area contributed by atoms with E-state index in [1.54, 1.807) is 0 Å². The molecule has 0 aliphatic carbocycles. The Labute approximate surface area is 175 Å². The average molecular weight is 440 g/mol. The summed E-state index contributed by atoms with van der Waals surface area (Å²) in [6.45, 7) is 6.74. The molecule has 0 aliphatic rings. The SMILES string of the molecule is CCOc1cc(CNCc2ccccc2)c(Br)cc1OCc1ccc(C)cc1. The van der Waals surface area contributed by atoms with Crippen LogP contribution in [-0.2, 0) is 19.7 Å². The van der Waals surface area contributed by atoms with E-state index in [1.165, 1.54) is 11.1 Å². The molecule has 0 saturated heterocycles. The van der Waals surface area contributed by atoms with Crippen LogP contribution in [0.5, 0.6) is 11.5 Å². The molecule has 4 heteroatoms. The van der Waals surface area contributed by atoms with Crippen LogP contribution in [0.4, 0.5) is 0 Å². The second-order valence-electron chi connectivity index (χ2n) is 6.69. The van der Waals surface area contributed by atoms with Crippen LogP contribution in [0, 0.1) is 6.92 Å². The molecule has 0 aromatic heterocycles. The van der Waals surface area contributed by atoms with Crippen LogP contribution in [0.25, 0.3) is 0 Å². The number of ether oxygens (including phenoxy) is 2. The van der Waals surface area contributed by atoms with Gasteiger partial charge in [-0.3, -0.25) is 0 Å². The van der Waals surface area contributed by atoms with Gasteiger partial charge in [-0.2, -0.15) is 0 Å². The number of hydrogen-bond acceptors (Lipinski definition) is 3. The third-order valence-electron chi connectivity index (χ3n) is 4.41. The second-order valence-corrected chi connectivity index (χ2v) is 7.54. The number of nitrogens with one attached hydrogen (secondary N) is 1.